The van der Waals surface area contributed by atoms with Crippen molar-refractivity contribution in [2.75, 3.05) is 26.2 Å². The molecule has 2 heterocycles. The first-order valence-electron chi connectivity index (χ1n) is 13.4. The molecule has 1 saturated heterocycles. The van der Waals surface area contributed by atoms with Crippen LogP contribution >= 0.6 is 0 Å². The molecule has 2 aliphatic rings. The summed E-state index contributed by atoms with van der Waals surface area (Å²) in [7, 11) is 0. The molecule has 1 aliphatic carbocycles. The van der Waals surface area contributed by atoms with Crippen molar-refractivity contribution in [2.45, 2.75) is 37.4 Å². The zero-order valence-corrected chi connectivity index (χ0v) is 21.1. The minimum absolute atomic E-state index is 0.126. The number of rotatable bonds is 6. The third kappa shape index (κ3) is 4.63. The molecule has 0 saturated carbocycles. The van der Waals surface area contributed by atoms with E-state index >= 15 is 0 Å². The molecule has 1 fully saturated rings. The molecule has 2 N–H and O–H groups in total. The second kappa shape index (κ2) is 10.3. The quantitative estimate of drug-likeness (QED) is 0.406. The highest BCUT2D eigenvalue weighted by Crippen LogP contribution is 2.46. The van der Waals surface area contributed by atoms with E-state index in [2.05, 4.69) is 58.4 Å². The summed E-state index contributed by atoms with van der Waals surface area (Å²) in [5, 5.41) is 24.2. The summed E-state index contributed by atoms with van der Waals surface area (Å²) in [4.78, 5) is 6.68. The van der Waals surface area contributed by atoms with Gasteiger partial charge in [-0.25, -0.2) is 0 Å². The summed E-state index contributed by atoms with van der Waals surface area (Å²) in [6, 6.07) is 26.5. The van der Waals surface area contributed by atoms with Gasteiger partial charge in [0.1, 0.15) is 24.1 Å². The molecule has 1 aromatic heterocycles. The van der Waals surface area contributed by atoms with Gasteiger partial charge in [0, 0.05) is 18.1 Å². The van der Waals surface area contributed by atoms with Crippen LogP contribution in [0.15, 0.2) is 85.1 Å². The Hall–Kier alpha value is -3.25. The van der Waals surface area contributed by atoms with E-state index in [0.29, 0.717) is 6.54 Å². The Morgan fingerprint density at radius 3 is 2.24 bits per heavy atom. The highest BCUT2D eigenvalue weighted by molar-refractivity contribution is 5.84. The van der Waals surface area contributed by atoms with Crippen molar-refractivity contribution in [1.29, 1.82) is 0 Å². The van der Waals surface area contributed by atoms with Gasteiger partial charge in [0.25, 0.3) is 0 Å². The molecule has 190 valence electrons. The third-order valence-electron chi connectivity index (χ3n) is 8.20. The van der Waals surface area contributed by atoms with E-state index in [9.17, 15) is 10.2 Å². The lowest BCUT2D eigenvalue weighted by Crippen LogP contribution is -2.47. The van der Waals surface area contributed by atoms with Gasteiger partial charge in [-0.2, -0.15) is 0 Å². The van der Waals surface area contributed by atoms with E-state index in [-0.39, 0.29) is 12.5 Å². The fraction of sp³-hybridized carbons (Fsp3) is 0.344. The second-order valence-electron chi connectivity index (χ2n) is 10.4. The Balaban J connectivity index is 1.13. The minimum Gasteiger partial charge on any atom is -0.490 e. The number of nitrogens with zero attached hydrogens (tertiary/aromatic N) is 2. The molecular formula is C32H34N2O3. The Kier molecular flexibility index (Phi) is 6.68. The number of benzene rings is 3. The predicted molar refractivity (Wildman–Crippen MR) is 146 cm³/mol. The second-order valence-corrected chi connectivity index (χ2v) is 10.4. The molecule has 0 spiro atoms. The Morgan fingerprint density at radius 1 is 0.865 bits per heavy atom. The number of β-amino-alcohol motifs (C(OH)–C–C–N with tert-alkyl or cyclic N) is 1. The van der Waals surface area contributed by atoms with Crippen molar-refractivity contribution in [2.24, 2.45) is 5.92 Å². The van der Waals surface area contributed by atoms with Gasteiger partial charge in [-0.1, -0.05) is 54.6 Å². The summed E-state index contributed by atoms with van der Waals surface area (Å²) in [6.07, 6.45) is 4.84. The molecule has 37 heavy (non-hydrogen) atoms. The highest BCUT2D eigenvalue weighted by atomic mass is 16.5. The standard InChI is InChI=1S/C32H34N2O3/c35-26(22-37-31-13-5-12-30-27(31)9-6-18-33-30)21-34-19-16-25(17-20-34)32(36)28-10-3-1-7-23(28)14-15-24-8-2-4-11-29(24)32/h1-13,18,25-26,35-36H,14-17,19-22H2. The summed E-state index contributed by atoms with van der Waals surface area (Å²) in [5.74, 6) is 0.872. The van der Waals surface area contributed by atoms with Crippen molar-refractivity contribution in [3.63, 3.8) is 0 Å². The highest BCUT2D eigenvalue weighted by Gasteiger charge is 2.44. The lowest BCUT2D eigenvalue weighted by molar-refractivity contribution is -0.0225. The zero-order chi connectivity index (χ0) is 25.2. The number of pyridine rings is 1. The summed E-state index contributed by atoms with van der Waals surface area (Å²) >= 11 is 0. The van der Waals surface area contributed by atoms with Crippen LogP contribution in [0.3, 0.4) is 0 Å². The van der Waals surface area contributed by atoms with Crippen LogP contribution in [0.2, 0.25) is 0 Å². The van der Waals surface area contributed by atoms with Crippen LogP contribution in [-0.4, -0.2) is 52.4 Å². The number of piperidine rings is 1. The first-order valence-corrected chi connectivity index (χ1v) is 13.4. The van der Waals surface area contributed by atoms with E-state index in [1.54, 1.807) is 6.20 Å². The van der Waals surface area contributed by atoms with Crippen LogP contribution in [0.1, 0.15) is 35.1 Å². The average molecular weight is 495 g/mol. The first-order chi connectivity index (χ1) is 18.1. The number of hydrogen-bond acceptors (Lipinski definition) is 5. The molecule has 0 bridgehead atoms. The smallest absolute Gasteiger partial charge is 0.128 e. The molecule has 5 heteroatoms. The number of aromatic nitrogens is 1. The number of ether oxygens (including phenoxy) is 1. The van der Waals surface area contributed by atoms with Gasteiger partial charge in [-0.3, -0.25) is 4.98 Å². The third-order valence-corrected chi connectivity index (χ3v) is 8.20. The van der Waals surface area contributed by atoms with Crippen LogP contribution in [0.4, 0.5) is 0 Å². The lowest BCUT2D eigenvalue weighted by Gasteiger charge is -2.43. The SMILES string of the molecule is OC(COc1cccc2ncccc12)CN1CCC(C2(O)c3ccccc3CCc3ccccc32)CC1. The average Bonchev–Trinajstić information content (AvgIpc) is 3.07. The minimum atomic E-state index is -0.986. The van der Waals surface area contributed by atoms with E-state index in [4.69, 9.17) is 4.74 Å². The van der Waals surface area contributed by atoms with E-state index < -0.39 is 11.7 Å². The summed E-state index contributed by atoms with van der Waals surface area (Å²) < 4.78 is 5.99. The number of likely N-dealkylation sites (tertiary alicyclic amines) is 1. The normalized spacial score (nSPS) is 18.5. The molecule has 5 nitrogen and oxygen atoms in total. The van der Waals surface area contributed by atoms with Crippen LogP contribution in [0.5, 0.6) is 5.75 Å². The van der Waals surface area contributed by atoms with E-state index in [1.807, 2.05) is 30.3 Å². The Bertz CT molecular complexity index is 1330. The van der Waals surface area contributed by atoms with Crippen molar-refractivity contribution in [1.82, 2.24) is 9.88 Å². The molecule has 0 radical (unpaired) electrons. The lowest BCUT2D eigenvalue weighted by atomic mass is 9.70. The van der Waals surface area contributed by atoms with Crippen LogP contribution in [0, 0.1) is 5.92 Å². The van der Waals surface area contributed by atoms with Gasteiger partial charge in [0.15, 0.2) is 0 Å². The van der Waals surface area contributed by atoms with Gasteiger partial charge >= 0.3 is 0 Å². The van der Waals surface area contributed by atoms with Gasteiger partial charge < -0.3 is 19.8 Å². The van der Waals surface area contributed by atoms with Gasteiger partial charge in [-0.05, 0) is 91.2 Å². The maximum Gasteiger partial charge on any atom is 0.128 e. The number of aryl methyl sites for hydroxylation is 2. The Morgan fingerprint density at radius 2 is 1.54 bits per heavy atom. The fourth-order valence-electron chi connectivity index (χ4n) is 6.35. The molecule has 1 aliphatic heterocycles. The molecule has 1 unspecified atom stereocenters. The molecule has 1 atom stereocenters. The topological polar surface area (TPSA) is 65.8 Å². The maximum atomic E-state index is 12.5. The van der Waals surface area contributed by atoms with Crippen LogP contribution in [-0.2, 0) is 18.4 Å². The predicted octanol–water partition coefficient (Wildman–Crippen LogP) is 4.72. The number of aliphatic hydroxyl groups excluding tert-OH is 1. The van der Waals surface area contributed by atoms with Gasteiger partial charge in [0.2, 0.25) is 0 Å². The van der Waals surface area contributed by atoms with Crippen molar-refractivity contribution in [3.05, 3.63) is 107 Å². The Labute approximate surface area is 218 Å². The van der Waals surface area contributed by atoms with Crippen molar-refractivity contribution in [3.8, 4) is 5.75 Å². The zero-order valence-electron chi connectivity index (χ0n) is 21.1. The molecule has 0 amide bonds. The van der Waals surface area contributed by atoms with Gasteiger partial charge in [0.05, 0.1) is 5.52 Å². The molecule has 3 aromatic carbocycles. The van der Waals surface area contributed by atoms with Crippen LogP contribution in [0.25, 0.3) is 10.9 Å². The van der Waals surface area contributed by atoms with Crippen LogP contribution < -0.4 is 4.74 Å². The monoisotopic (exact) mass is 494 g/mol. The van der Waals surface area contributed by atoms with Crippen molar-refractivity contribution < 1.29 is 14.9 Å². The largest absolute Gasteiger partial charge is 0.490 e. The molecule has 6 rings (SSSR count). The fourth-order valence-corrected chi connectivity index (χ4v) is 6.35. The van der Waals surface area contributed by atoms with E-state index in [1.165, 1.54) is 11.1 Å². The summed E-state index contributed by atoms with van der Waals surface area (Å²) in [6.45, 7) is 2.47. The molecular weight excluding hydrogens is 460 g/mol. The number of aliphatic hydroxyl groups is 2. The molecule has 4 aromatic rings. The number of hydrogen-bond donors (Lipinski definition) is 2. The summed E-state index contributed by atoms with van der Waals surface area (Å²) in [5.41, 5.74) is 4.53. The van der Waals surface area contributed by atoms with E-state index in [0.717, 1.165) is 66.6 Å². The number of fused-ring (bicyclic) bond motifs is 3. The maximum absolute atomic E-state index is 12.5. The first kappa shape index (κ1) is 24.1. The van der Waals surface area contributed by atoms with Crippen molar-refractivity contribution >= 4 is 10.9 Å². The van der Waals surface area contributed by atoms with Gasteiger partial charge in [-0.15, -0.1) is 0 Å².